The molecule has 0 unspecified atom stereocenters. The molecule has 0 saturated carbocycles. The van der Waals surface area contributed by atoms with Crippen LogP contribution in [0.3, 0.4) is 0 Å². The molecule has 0 aliphatic carbocycles. The summed E-state index contributed by atoms with van der Waals surface area (Å²) in [6.07, 6.45) is 0. The molecule has 0 aliphatic heterocycles. The molecule has 0 heterocycles. The number of benzene rings is 1. The number of nitrogens with two attached hydrogens (primary N) is 1. The van der Waals surface area contributed by atoms with E-state index in [0.29, 0.717) is 6.07 Å². The van der Waals surface area contributed by atoms with Crippen LogP contribution in [0, 0.1) is 10.1 Å². The third kappa shape index (κ3) is 2.18. The van der Waals surface area contributed by atoms with Crippen LogP contribution in [0.2, 0.25) is 0 Å². The summed E-state index contributed by atoms with van der Waals surface area (Å²) in [7, 11) is 0. The molecule has 0 amide bonds. The largest absolute Gasteiger partial charge is 0.502 e. The Kier molecular flexibility index (Phi) is 2.85. The number of hydrogen-bond acceptors (Lipinski definition) is 4. The van der Waals surface area contributed by atoms with Crippen LogP contribution in [-0.4, -0.2) is 16.6 Å². The number of nitrogens with zero attached hydrogens (tertiary/aromatic N) is 1. The normalized spacial score (nSPS) is 11.4. The van der Waals surface area contributed by atoms with Gasteiger partial charge < -0.3 is 10.8 Å². The van der Waals surface area contributed by atoms with Crippen LogP contribution in [0.5, 0.6) is 5.75 Å². The molecule has 15 heavy (non-hydrogen) atoms. The van der Waals surface area contributed by atoms with E-state index in [-0.39, 0.29) is 0 Å². The Morgan fingerprint density at radius 1 is 1.53 bits per heavy atom. The van der Waals surface area contributed by atoms with Gasteiger partial charge in [-0.1, -0.05) is 0 Å². The van der Waals surface area contributed by atoms with Crippen LogP contribution in [-0.2, 0) is 5.92 Å². The van der Waals surface area contributed by atoms with Crippen LogP contribution in [0.4, 0.5) is 14.5 Å². The minimum Gasteiger partial charge on any atom is -0.502 e. The number of rotatable bonds is 3. The molecule has 1 rings (SSSR count). The maximum Gasteiger partial charge on any atom is 0.311 e. The topological polar surface area (TPSA) is 89.4 Å². The number of phenolic OH excluding ortho intramolecular Hbond substituents is 1. The molecule has 1 aromatic carbocycles. The second-order valence-electron chi connectivity index (χ2n) is 2.87. The standard InChI is InChI=1S/C8H8F2N2O3/c9-8(10,4-11)5-1-2-7(13)6(3-5)12(14)15/h1-3,13H,4,11H2. The monoisotopic (exact) mass is 218 g/mol. The highest BCUT2D eigenvalue weighted by Gasteiger charge is 2.31. The number of halogens is 2. The summed E-state index contributed by atoms with van der Waals surface area (Å²) >= 11 is 0. The van der Waals surface area contributed by atoms with Crippen molar-refractivity contribution in [3.8, 4) is 5.75 Å². The lowest BCUT2D eigenvalue weighted by Crippen LogP contribution is -2.25. The summed E-state index contributed by atoms with van der Waals surface area (Å²) in [5.74, 6) is -3.99. The summed E-state index contributed by atoms with van der Waals surface area (Å²) < 4.78 is 26.1. The van der Waals surface area contributed by atoms with Crippen molar-refractivity contribution in [1.29, 1.82) is 0 Å². The molecule has 3 N–H and O–H groups in total. The Hall–Kier alpha value is -1.76. The lowest BCUT2D eigenvalue weighted by atomic mass is 10.1. The highest BCUT2D eigenvalue weighted by atomic mass is 19.3. The first-order valence-corrected chi connectivity index (χ1v) is 3.94. The lowest BCUT2D eigenvalue weighted by Gasteiger charge is -2.13. The minimum absolute atomic E-state index is 0.588. The molecule has 7 heteroatoms. The zero-order chi connectivity index (χ0) is 11.6. The number of nitro benzene ring substituents is 1. The molecule has 0 bridgehead atoms. The van der Waals surface area contributed by atoms with E-state index in [1.165, 1.54) is 0 Å². The van der Waals surface area contributed by atoms with Gasteiger partial charge in [-0.3, -0.25) is 10.1 Å². The van der Waals surface area contributed by atoms with Crippen molar-refractivity contribution >= 4 is 5.69 Å². The predicted octanol–water partition coefficient (Wildman–Crippen LogP) is 1.35. The quantitative estimate of drug-likeness (QED) is 0.591. The van der Waals surface area contributed by atoms with Gasteiger partial charge in [-0.05, 0) is 12.1 Å². The zero-order valence-electron chi connectivity index (χ0n) is 7.48. The summed E-state index contributed by atoms with van der Waals surface area (Å²) in [6, 6.07) is 2.36. The lowest BCUT2D eigenvalue weighted by molar-refractivity contribution is -0.386. The van der Waals surface area contributed by atoms with Gasteiger partial charge in [0.2, 0.25) is 0 Å². The number of alkyl halides is 2. The van der Waals surface area contributed by atoms with E-state index in [1.54, 1.807) is 0 Å². The molecule has 82 valence electrons. The average molecular weight is 218 g/mol. The molecule has 5 nitrogen and oxygen atoms in total. The smallest absolute Gasteiger partial charge is 0.311 e. The van der Waals surface area contributed by atoms with Gasteiger partial charge in [-0.25, -0.2) is 0 Å². The molecule has 1 aromatic rings. The van der Waals surface area contributed by atoms with E-state index in [1.807, 2.05) is 0 Å². The maximum atomic E-state index is 13.0. The van der Waals surface area contributed by atoms with E-state index < -0.39 is 34.4 Å². The molecular formula is C8H8F2N2O3. The van der Waals surface area contributed by atoms with Gasteiger partial charge in [0, 0.05) is 11.6 Å². The summed E-state index contributed by atoms with van der Waals surface area (Å²) in [5, 5.41) is 19.4. The van der Waals surface area contributed by atoms with Gasteiger partial charge in [0.05, 0.1) is 11.5 Å². The van der Waals surface area contributed by atoms with E-state index >= 15 is 0 Å². The van der Waals surface area contributed by atoms with Gasteiger partial charge in [-0.2, -0.15) is 8.78 Å². The van der Waals surface area contributed by atoms with Gasteiger partial charge in [0.15, 0.2) is 5.75 Å². The van der Waals surface area contributed by atoms with E-state index in [2.05, 4.69) is 0 Å². The SMILES string of the molecule is NCC(F)(F)c1ccc(O)c([N+](=O)[O-])c1. The first-order chi connectivity index (χ1) is 6.88. The number of nitro groups is 1. The van der Waals surface area contributed by atoms with Crippen LogP contribution in [0.1, 0.15) is 5.56 Å². The average Bonchev–Trinajstić information content (AvgIpc) is 2.17. The molecule has 0 spiro atoms. The van der Waals surface area contributed by atoms with Crippen molar-refractivity contribution in [3.05, 3.63) is 33.9 Å². The van der Waals surface area contributed by atoms with Gasteiger partial charge in [0.25, 0.3) is 5.92 Å². The number of phenols is 1. The zero-order valence-corrected chi connectivity index (χ0v) is 7.48. The van der Waals surface area contributed by atoms with Crippen LogP contribution in [0.25, 0.3) is 0 Å². The minimum atomic E-state index is -3.33. The van der Waals surface area contributed by atoms with Crippen molar-refractivity contribution in [2.45, 2.75) is 5.92 Å². The van der Waals surface area contributed by atoms with Gasteiger partial charge in [-0.15, -0.1) is 0 Å². The van der Waals surface area contributed by atoms with Crippen molar-refractivity contribution < 1.29 is 18.8 Å². The van der Waals surface area contributed by atoms with Crippen molar-refractivity contribution in [2.24, 2.45) is 5.73 Å². The van der Waals surface area contributed by atoms with Crippen LogP contribution < -0.4 is 5.73 Å². The van der Waals surface area contributed by atoms with Gasteiger partial charge in [0.1, 0.15) is 0 Å². The first kappa shape index (κ1) is 11.3. The van der Waals surface area contributed by atoms with E-state index in [9.17, 15) is 18.9 Å². The number of aromatic hydroxyl groups is 1. The highest BCUT2D eigenvalue weighted by molar-refractivity contribution is 5.48. The van der Waals surface area contributed by atoms with Crippen molar-refractivity contribution in [3.63, 3.8) is 0 Å². The Bertz CT molecular complexity index is 395. The van der Waals surface area contributed by atoms with E-state index in [0.717, 1.165) is 12.1 Å². The summed E-state index contributed by atoms with van der Waals surface area (Å²) in [6.45, 7) is -0.949. The Labute approximate surface area is 83.3 Å². The third-order valence-electron chi connectivity index (χ3n) is 1.85. The Morgan fingerprint density at radius 2 is 2.13 bits per heavy atom. The fourth-order valence-corrected chi connectivity index (χ4v) is 1.02. The van der Waals surface area contributed by atoms with Crippen LogP contribution >= 0.6 is 0 Å². The first-order valence-electron chi connectivity index (χ1n) is 3.94. The van der Waals surface area contributed by atoms with Crippen molar-refractivity contribution in [2.75, 3.05) is 6.54 Å². The molecule has 0 saturated heterocycles. The summed E-state index contributed by atoms with van der Waals surface area (Å²) in [4.78, 5) is 9.42. The maximum absolute atomic E-state index is 13.0. The fourth-order valence-electron chi connectivity index (χ4n) is 1.02. The second kappa shape index (κ2) is 3.77. The molecule has 0 radical (unpaired) electrons. The molecule has 0 aliphatic rings. The summed E-state index contributed by atoms with van der Waals surface area (Å²) in [5.41, 5.74) is 3.47. The van der Waals surface area contributed by atoms with Crippen molar-refractivity contribution in [1.82, 2.24) is 0 Å². The second-order valence-corrected chi connectivity index (χ2v) is 2.87. The molecular weight excluding hydrogens is 210 g/mol. The molecule has 0 atom stereocenters. The molecule has 0 aromatic heterocycles. The van der Waals surface area contributed by atoms with Gasteiger partial charge >= 0.3 is 5.69 Å². The Morgan fingerprint density at radius 3 is 2.60 bits per heavy atom. The van der Waals surface area contributed by atoms with E-state index in [4.69, 9.17) is 10.8 Å². The number of hydrogen-bond donors (Lipinski definition) is 2. The van der Waals surface area contributed by atoms with Crippen LogP contribution in [0.15, 0.2) is 18.2 Å². The fraction of sp³-hybridized carbons (Fsp3) is 0.250. The molecule has 0 fully saturated rings. The third-order valence-corrected chi connectivity index (χ3v) is 1.85. The Balaban J connectivity index is 3.25. The predicted molar refractivity (Wildman–Crippen MR) is 47.7 cm³/mol. The highest BCUT2D eigenvalue weighted by Crippen LogP contribution is 2.33.